The van der Waals surface area contributed by atoms with E-state index < -0.39 is 0 Å². The fourth-order valence-corrected chi connectivity index (χ4v) is 2.98. The van der Waals surface area contributed by atoms with Gasteiger partial charge in [0.25, 0.3) is 0 Å². The second-order valence-electron chi connectivity index (χ2n) is 5.83. The maximum Gasteiger partial charge on any atom is 0.217 e. The number of fused-ring (bicyclic) bond motifs is 1. The van der Waals surface area contributed by atoms with Crippen LogP contribution in [0.1, 0.15) is 18.9 Å². The van der Waals surface area contributed by atoms with E-state index in [1.54, 1.807) is 19.3 Å². The van der Waals surface area contributed by atoms with Crippen LogP contribution >= 0.6 is 0 Å². The van der Waals surface area contributed by atoms with Crippen LogP contribution in [0.3, 0.4) is 0 Å². The number of methoxy groups -OCH3 is 1. The summed E-state index contributed by atoms with van der Waals surface area (Å²) in [6, 6.07) is 5.43. The van der Waals surface area contributed by atoms with E-state index in [4.69, 9.17) is 14.2 Å². The number of hydrogen-bond acceptors (Lipinski definition) is 6. The molecule has 6 heteroatoms. The molecule has 2 atom stereocenters. The summed E-state index contributed by atoms with van der Waals surface area (Å²) in [6.07, 6.45) is 3.21. The summed E-state index contributed by atoms with van der Waals surface area (Å²) in [6.45, 7) is 6.88. The minimum atomic E-state index is -0.159. The van der Waals surface area contributed by atoms with Gasteiger partial charge in [-0.1, -0.05) is 12.7 Å². The summed E-state index contributed by atoms with van der Waals surface area (Å²) >= 11 is 0. The summed E-state index contributed by atoms with van der Waals surface area (Å²) in [7, 11) is 1.61. The average molecular weight is 342 g/mol. The lowest BCUT2D eigenvalue weighted by atomic mass is 10.1. The minimum Gasteiger partial charge on any atom is -0.496 e. The van der Waals surface area contributed by atoms with E-state index in [2.05, 4.69) is 16.9 Å². The molecule has 25 heavy (non-hydrogen) atoms. The number of nitrogens with one attached hydrogen (secondary N) is 1. The summed E-state index contributed by atoms with van der Waals surface area (Å²) < 4.78 is 17.1. The third kappa shape index (κ3) is 3.58. The van der Waals surface area contributed by atoms with E-state index in [-0.39, 0.29) is 12.1 Å². The molecule has 0 saturated carbocycles. The maximum absolute atomic E-state index is 10.9. The van der Waals surface area contributed by atoms with Crippen LogP contribution in [0.5, 0.6) is 17.4 Å². The summed E-state index contributed by atoms with van der Waals surface area (Å²) in [5.41, 5.74) is 1.59. The van der Waals surface area contributed by atoms with Gasteiger partial charge in [-0.3, -0.25) is 0 Å². The highest BCUT2D eigenvalue weighted by Crippen LogP contribution is 2.35. The molecule has 0 spiro atoms. The lowest BCUT2D eigenvalue weighted by molar-refractivity contribution is -0.109. The van der Waals surface area contributed by atoms with Gasteiger partial charge in [-0.05, 0) is 13.0 Å². The first-order chi connectivity index (χ1) is 12.2. The molecular formula is C19H22N2O4. The smallest absolute Gasteiger partial charge is 0.217 e. The predicted molar refractivity (Wildman–Crippen MR) is 96.4 cm³/mol. The second kappa shape index (κ2) is 7.53. The van der Waals surface area contributed by atoms with E-state index in [0.29, 0.717) is 37.0 Å². The lowest BCUT2D eigenvalue weighted by Gasteiger charge is -2.17. The van der Waals surface area contributed by atoms with Crippen molar-refractivity contribution in [1.29, 1.82) is 0 Å². The minimum absolute atomic E-state index is 0.0791. The van der Waals surface area contributed by atoms with Crippen molar-refractivity contribution in [3.8, 4) is 17.4 Å². The van der Waals surface area contributed by atoms with Gasteiger partial charge in [0.15, 0.2) is 0 Å². The van der Waals surface area contributed by atoms with Crippen LogP contribution in [0.25, 0.3) is 17.0 Å². The fraction of sp³-hybridized carbons (Fsp3) is 0.368. The molecule has 2 heterocycles. The van der Waals surface area contributed by atoms with E-state index in [1.165, 1.54) is 0 Å². The van der Waals surface area contributed by atoms with Crippen LogP contribution < -0.4 is 19.5 Å². The van der Waals surface area contributed by atoms with Gasteiger partial charge in [-0.25, -0.2) is 4.98 Å². The summed E-state index contributed by atoms with van der Waals surface area (Å²) in [4.78, 5) is 15.5. The number of pyridine rings is 1. The molecule has 1 N–H and O–H groups in total. The zero-order valence-electron chi connectivity index (χ0n) is 14.5. The molecular weight excluding hydrogens is 320 g/mol. The molecule has 0 radical (unpaired) electrons. The van der Waals surface area contributed by atoms with E-state index >= 15 is 0 Å². The first-order valence-corrected chi connectivity index (χ1v) is 8.31. The molecule has 1 fully saturated rings. The van der Waals surface area contributed by atoms with Gasteiger partial charge in [0.1, 0.15) is 23.9 Å². The molecule has 6 nitrogen and oxygen atoms in total. The topological polar surface area (TPSA) is 69.7 Å². The van der Waals surface area contributed by atoms with Gasteiger partial charge < -0.3 is 24.3 Å². The Labute approximate surface area is 146 Å². The SMILES string of the molecule is C=Cc1cc2c(O[C@H]3CN[C@H](C=O)C3)cc(OCC)nc2cc1OC. The zero-order chi connectivity index (χ0) is 17.8. The highest BCUT2D eigenvalue weighted by Gasteiger charge is 2.26. The van der Waals surface area contributed by atoms with Gasteiger partial charge >= 0.3 is 0 Å². The number of carbonyl (C=O) groups is 1. The van der Waals surface area contributed by atoms with Crippen LogP contribution in [0.2, 0.25) is 0 Å². The lowest BCUT2D eigenvalue weighted by Crippen LogP contribution is -2.23. The average Bonchev–Trinajstić information content (AvgIpc) is 3.08. The van der Waals surface area contributed by atoms with Gasteiger partial charge in [0.05, 0.1) is 25.3 Å². The van der Waals surface area contributed by atoms with Crippen LogP contribution in [0.4, 0.5) is 0 Å². The number of rotatable bonds is 7. The Balaban J connectivity index is 2.04. The van der Waals surface area contributed by atoms with Crippen molar-refractivity contribution in [1.82, 2.24) is 10.3 Å². The van der Waals surface area contributed by atoms with E-state index in [0.717, 1.165) is 22.8 Å². The predicted octanol–water partition coefficient (Wildman–Crippen LogP) is 2.59. The van der Waals surface area contributed by atoms with Crippen molar-refractivity contribution in [2.24, 2.45) is 0 Å². The molecule has 132 valence electrons. The van der Waals surface area contributed by atoms with Gasteiger partial charge in [0, 0.05) is 36.0 Å². The van der Waals surface area contributed by atoms with Crippen molar-refractivity contribution < 1.29 is 19.0 Å². The number of hydrogen-bond donors (Lipinski definition) is 1. The number of aldehydes is 1. The Hall–Kier alpha value is -2.60. The molecule has 1 aliphatic heterocycles. The van der Waals surface area contributed by atoms with Crippen LogP contribution in [-0.2, 0) is 4.79 Å². The maximum atomic E-state index is 10.9. The molecule has 3 rings (SSSR count). The molecule has 0 aliphatic carbocycles. The number of aromatic nitrogens is 1. The van der Waals surface area contributed by atoms with Gasteiger partial charge in [-0.2, -0.15) is 0 Å². The molecule has 1 aromatic carbocycles. The van der Waals surface area contributed by atoms with Crippen molar-refractivity contribution in [3.05, 3.63) is 30.3 Å². The standard InChI is InChI=1S/C19H22N2O4/c1-4-12-6-15-16(8-17(12)23-3)21-19(24-5-2)9-18(15)25-14-7-13(11-22)20-10-14/h4,6,8-9,11,13-14,20H,1,5,7,10H2,2-3H3/t13-,14+/m0/s1. The Bertz CT molecular complexity index is 791. The van der Waals surface area contributed by atoms with Crippen molar-refractivity contribution >= 4 is 23.3 Å². The molecule has 0 bridgehead atoms. The van der Waals surface area contributed by atoms with Crippen molar-refractivity contribution in [2.75, 3.05) is 20.3 Å². The first-order valence-electron chi connectivity index (χ1n) is 8.31. The molecule has 0 unspecified atom stereocenters. The number of benzene rings is 1. The third-order valence-corrected chi connectivity index (χ3v) is 4.19. The van der Waals surface area contributed by atoms with Gasteiger partial charge in [0.2, 0.25) is 5.88 Å². The summed E-state index contributed by atoms with van der Waals surface area (Å²) in [5.74, 6) is 1.87. The van der Waals surface area contributed by atoms with Crippen molar-refractivity contribution in [3.63, 3.8) is 0 Å². The Kier molecular flexibility index (Phi) is 5.19. The molecule has 1 aromatic heterocycles. The third-order valence-electron chi connectivity index (χ3n) is 4.19. The van der Waals surface area contributed by atoms with Gasteiger partial charge in [-0.15, -0.1) is 0 Å². The Morgan fingerprint density at radius 2 is 2.20 bits per heavy atom. The van der Waals surface area contributed by atoms with E-state index in [9.17, 15) is 4.79 Å². The van der Waals surface area contributed by atoms with Crippen LogP contribution in [0.15, 0.2) is 24.8 Å². The second-order valence-corrected chi connectivity index (χ2v) is 5.83. The molecule has 2 aromatic rings. The molecule has 1 saturated heterocycles. The number of nitrogens with zero attached hydrogens (tertiary/aromatic N) is 1. The quantitative estimate of drug-likeness (QED) is 0.780. The Morgan fingerprint density at radius 1 is 1.36 bits per heavy atom. The summed E-state index contributed by atoms with van der Waals surface area (Å²) in [5, 5.41) is 3.98. The van der Waals surface area contributed by atoms with Crippen LogP contribution in [0, 0.1) is 0 Å². The highest BCUT2D eigenvalue weighted by atomic mass is 16.5. The van der Waals surface area contributed by atoms with Crippen molar-refractivity contribution in [2.45, 2.75) is 25.5 Å². The molecule has 0 amide bonds. The first kappa shape index (κ1) is 17.2. The fourth-order valence-electron chi connectivity index (χ4n) is 2.98. The zero-order valence-corrected chi connectivity index (χ0v) is 14.5. The molecule has 1 aliphatic rings. The number of ether oxygens (including phenoxy) is 3. The normalized spacial score (nSPS) is 19.6. The number of carbonyl (C=O) groups excluding carboxylic acids is 1. The monoisotopic (exact) mass is 342 g/mol. The largest absolute Gasteiger partial charge is 0.496 e. The van der Waals surface area contributed by atoms with Crippen LogP contribution in [-0.4, -0.2) is 43.7 Å². The highest BCUT2D eigenvalue weighted by molar-refractivity contribution is 5.89. The van der Waals surface area contributed by atoms with E-state index in [1.807, 2.05) is 19.1 Å². The Morgan fingerprint density at radius 3 is 2.84 bits per heavy atom.